The standard InChI is InChI=1S/C4H6O.H6OSi2/c1-2-3-4-5;2-1-3/h1,5H,3-4H2;2-3H3. The average molecular weight is 148 g/mol. The molecule has 0 saturated heterocycles. The summed E-state index contributed by atoms with van der Waals surface area (Å²) in [4.78, 5) is 0. The monoisotopic (exact) mass is 148 g/mol. The first-order valence-electron chi connectivity index (χ1n) is 2.27. The van der Waals surface area contributed by atoms with Gasteiger partial charge in [-0.2, -0.15) is 0 Å². The molecule has 8 heavy (non-hydrogen) atoms. The van der Waals surface area contributed by atoms with Crippen molar-refractivity contribution in [1.29, 1.82) is 0 Å². The molecule has 0 unspecified atom stereocenters. The van der Waals surface area contributed by atoms with Gasteiger partial charge in [-0.25, -0.2) is 0 Å². The van der Waals surface area contributed by atoms with Crippen molar-refractivity contribution < 1.29 is 9.22 Å². The first kappa shape index (κ1) is 10.8. The molecule has 0 aliphatic heterocycles. The van der Waals surface area contributed by atoms with Crippen LogP contribution in [0, 0.1) is 12.3 Å². The molecule has 48 valence electrons. The number of aliphatic hydroxyl groups is 1. The van der Waals surface area contributed by atoms with Crippen LogP contribution in [0.1, 0.15) is 6.42 Å². The van der Waals surface area contributed by atoms with Crippen LogP contribution >= 0.6 is 0 Å². The van der Waals surface area contributed by atoms with Gasteiger partial charge in [0.2, 0.25) is 0 Å². The molecule has 0 fully saturated rings. The lowest BCUT2D eigenvalue weighted by molar-refractivity contribution is 0.305. The second kappa shape index (κ2) is 15.8. The van der Waals surface area contributed by atoms with Crippen molar-refractivity contribution >= 4 is 21.0 Å². The van der Waals surface area contributed by atoms with Crippen LogP contribution in [0.15, 0.2) is 0 Å². The molecule has 0 aromatic carbocycles. The lowest BCUT2D eigenvalue weighted by Crippen LogP contribution is -1.72. The van der Waals surface area contributed by atoms with Crippen molar-refractivity contribution in [2.45, 2.75) is 6.42 Å². The van der Waals surface area contributed by atoms with Crippen LogP contribution in [0.2, 0.25) is 0 Å². The van der Waals surface area contributed by atoms with E-state index in [1.54, 1.807) is 0 Å². The molecule has 0 atom stereocenters. The number of rotatable bonds is 1. The fourth-order valence-corrected chi connectivity index (χ4v) is 0.0645. The van der Waals surface area contributed by atoms with Crippen LogP contribution in [0.25, 0.3) is 0 Å². The summed E-state index contributed by atoms with van der Waals surface area (Å²) in [7, 11) is 1.86. The van der Waals surface area contributed by atoms with Crippen molar-refractivity contribution in [3.63, 3.8) is 0 Å². The molecule has 0 amide bonds. The molecular weight excluding hydrogens is 136 g/mol. The first-order chi connectivity index (χ1) is 3.83. The third-order valence-corrected chi connectivity index (χ3v) is 0.256. The summed E-state index contributed by atoms with van der Waals surface area (Å²) in [5.74, 6) is 2.27. The fourth-order valence-electron chi connectivity index (χ4n) is 0.0645. The number of hydrogen-bond donors (Lipinski definition) is 1. The minimum Gasteiger partial charge on any atom is -0.471 e. The Morgan fingerprint density at radius 3 is 2.00 bits per heavy atom. The zero-order chi connectivity index (χ0) is 6.83. The molecule has 0 rings (SSSR count). The normalized spacial score (nSPS) is 7.00. The zero-order valence-electron chi connectivity index (χ0n) is 5.35. The fraction of sp³-hybridized carbons (Fsp3) is 0.500. The van der Waals surface area contributed by atoms with Crippen molar-refractivity contribution in [3.8, 4) is 12.3 Å². The Balaban J connectivity index is 0. The van der Waals surface area contributed by atoms with Crippen molar-refractivity contribution in [2.75, 3.05) is 6.61 Å². The molecule has 0 heterocycles. The van der Waals surface area contributed by atoms with Gasteiger partial charge in [-0.05, 0) is 0 Å². The molecule has 0 aliphatic rings. The largest absolute Gasteiger partial charge is 0.471 e. The Kier molecular flexibility index (Phi) is 21.3. The molecule has 0 saturated carbocycles. The highest BCUT2D eigenvalue weighted by Gasteiger charge is 1.62. The van der Waals surface area contributed by atoms with Gasteiger partial charge in [0.25, 0.3) is 0 Å². The summed E-state index contributed by atoms with van der Waals surface area (Å²) < 4.78 is 4.53. The van der Waals surface area contributed by atoms with E-state index in [9.17, 15) is 0 Å². The zero-order valence-corrected chi connectivity index (χ0v) is 9.35. The number of hydrogen-bond acceptors (Lipinski definition) is 2. The highest BCUT2D eigenvalue weighted by molar-refractivity contribution is 6.15. The quantitative estimate of drug-likeness (QED) is 0.331. The Labute approximate surface area is 56.3 Å². The summed E-state index contributed by atoms with van der Waals surface area (Å²) in [5, 5.41) is 7.92. The molecule has 4 heteroatoms. The van der Waals surface area contributed by atoms with Crippen molar-refractivity contribution in [3.05, 3.63) is 0 Å². The van der Waals surface area contributed by atoms with Crippen LogP contribution < -0.4 is 0 Å². The van der Waals surface area contributed by atoms with Crippen LogP contribution in [0.3, 0.4) is 0 Å². The maximum atomic E-state index is 7.92. The molecule has 0 bridgehead atoms. The van der Waals surface area contributed by atoms with Gasteiger partial charge in [0.15, 0.2) is 0 Å². The average Bonchev–Trinajstić information content (AvgIpc) is 1.71. The van der Waals surface area contributed by atoms with E-state index in [1.165, 1.54) is 0 Å². The van der Waals surface area contributed by atoms with E-state index >= 15 is 0 Å². The molecule has 0 aliphatic carbocycles. The molecule has 0 aromatic heterocycles. The number of terminal acetylenes is 1. The van der Waals surface area contributed by atoms with Gasteiger partial charge in [-0.1, -0.05) is 0 Å². The molecule has 1 N–H and O–H groups in total. The molecular formula is C4H12O2Si2. The summed E-state index contributed by atoms with van der Waals surface area (Å²) >= 11 is 0. The minimum atomic E-state index is 0.108. The lowest BCUT2D eigenvalue weighted by atomic mass is 10.5. The van der Waals surface area contributed by atoms with E-state index in [0.717, 1.165) is 21.0 Å². The predicted octanol–water partition coefficient (Wildman–Crippen LogP) is -2.43. The van der Waals surface area contributed by atoms with Gasteiger partial charge < -0.3 is 9.22 Å². The second-order valence-corrected chi connectivity index (χ2v) is 4.35. The van der Waals surface area contributed by atoms with Gasteiger partial charge in [0, 0.05) is 6.42 Å². The summed E-state index contributed by atoms with van der Waals surface area (Å²) in [6.07, 6.45) is 5.20. The van der Waals surface area contributed by atoms with Crippen LogP contribution in [0.4, 0.5) is 0 Å². The second-order valence-electron chi connectivity index (χ2n) is 1.09. The highest BCUT2D eigenvalue weighted by atomic mass is 28.3. The molecule has 2 nitrogen and oxygen atoms in total. The number of aliphatic hydroxyl groups excluding tert-OH is 1. The maximum absolute atomic E-state index is 7.92. The predicted molar refractivity (Wildman–Crippen MR) is 41.5 cm³/mol. The first-order valence-corrected chi connectivity index (χ1v) is 3.91. The summed E-state index contributed by atoms with van der Waals surface area (Å²) in [6.45, 7) is 0.108. The van der Waals surface area contributed by atoms with Crippen LogP contribution in [-0.4, -0.2) is 32.7 Å². The summed E-state index contributed by atoms with van der Waals surface area (Å²) in [6, 6.07) is 0. The minimum absolute atomic E-state index is 0.108. The van der Waals surface area contributed by atoms with Gasteiger partial charge >= 0.3 is 0 Å². The Morgan fingerprint density at radius 2 is 2.00 bits per heavy atom. The van der Waals surface area contributed by atoms with Gasteiger partial charge in [0.05, 0.1) is 6.61 Å². The van der Waals surface area contributed by atoms with Gasteiger partial charge in [0.1, 0.15) is 21.0 Å². The Hall–Kier alpha value is -0.0862. The Bertz CT molecular complexity index is 59.5. The van der Waals surface area contributed by atoms with Gasteiger partial charge in [-0.3, -0.25) is 0 Å². The third kappa shape index (κ3) is 39.0. The molecule has 0 spiro atoms. The van der Waals surface area contributed by atoms with Crippen LogP contribution in [0.5, 0.6) is 0 Å². The van der Waals surface area contributed by atoms with Crippen molar-refractivity contribution in [2.24, 2.45) is 0 Å². The van der Waals surface area contributed by atoms with Crippen LogP contribution in [-0.2, 0) is 4.12 Å². The van der Waals surface area contributed by atoms with E-state index in [1.807, 2.05) is 0 Å². The van der Waals surface area contributed by atoms with E-state index in [2.05, 4.69) is 10.0 Å². The topological polar surface area (TPSA) is 29.5 Å². The lowest BCUT2D eigenvalue weighted by Gasteiger charge is -1.70. The molecule has 0 aromatic rings. The summed E-state index contributed by atoms with van der Waals surface area (Å²) in [5.41, 5.74) is 0. The molecule has 0 radical (unpaired) electrons. The van der Waals surface area contributed by atoms with Crippen molar-refractivity contribution in [1.82, 2.24) is 0 Å². The van der Waals surface area contributed by atoms with E-state index in [-0.39, 0.29) is 6.61 Å². The van der Waals surface area contributed by atoms with Gasteiger partial charge in [-0.15, -0.1) is 12.3 Å². The SMILES string of the molecule is C#CCCO.[SiH3]O[SiH3]. The van der Waals surface area contributed by atoms with E-state index < -0.39 is 0 Å². The van der Waals surface area contributed by atoms with E-state index in [0.29, 0.717) is 6.42 Å². The Morgan fingerprint density at radius 1 is 1.62 bits per heavy atom. The highest BCUT2D eigenvalue weighted by Crippen LogP contribution is 1.62. The van der Waals surface area contributed by atoms with E-state index in [4.69, 9.17) is 11.5 Å². The maximum Gasteiger partial charge on any atom is 0.129 e. The third-order valence-electron chi connectivity index (χ3n) is 0.256. The smallest absolute Gasteiger partial charge is 0.129 e.